The van der Waals surface area contributed by atoms with Crippen LogP contribution in [0.1, 0.15) is 83.5 Å². The molecule has 0 amide bonds. The minimum absolute atomic E-state index is 0.0136. The highest BCUT2D eigenvalue weighted by Gasteiger charge is 2.28. The van der Waals surface area contributed by atoms with Crippen LogP contribution in [0, 0.1) is 11.8 Å². The molecular formula is C16H30O. The zero-order valence-corrected chi connectivity index (χ0v) is 11.4. The second-order valence-electron chi connectivity index (χ2n) is 6.33. The smallest absolute Gasteiger partial charge is 0.0571 e. The van der Waals surface area contributed by atoms with E-state index in [0.29, 0.717) is 5.92 Å². The fourth-order valence-electron chi connectivity index (χ4n) is 3.96. The Bertz CT molecular complexity index is 194. The molecule has 0 heterocycles. The molecule has 1 nitrogen and oxygen atoms in total. The molecule has 100 valence electrons. The first-order valence-corrected chi connectivity index (χ1v) is 8.06. The Hall–Kier alpha value is -0.0400. The fourth-order valence-corrected chi connectivity index (χ4v) is 3.96. The van der Waals surface area contributed by atoms with Crippen LogP contribution in [-0.2, 0) is 0 Å². The van der Waals surface area contributed by atoms with Gasteiger partial charge in [-0.25, -0.2) is 0 Å². The first kappa shape index (κ1) is 13.4. The van der Waals surface area contributed by atoms with Crippen molar-refractivity contribution in [1.82, 2.24) is 0 Å². The van der Waals surface area contributed by atoms with Gasteiger partial charge in [0.2, 0.25) is 0 Å². The topological polar surface area (TPSA) is 20.2 Å². The van der Waals surface area contributed by atoms with Crippen molar-refractivity contribution in [3.8, 4) is 0 Å². The van der Waals surface area contributed by atoms with Gasteiger partial charge < -0.3 is 5.11 Å². The van der Waals surface area contributed by atoms with Crippen molar-refractivity contribution >= 4 is 0 Å². The van der Waals surface area contributed by atoms with E-state index in [1.165, 1.54) is 77.0 Å². The summed E-state index contributed by atoms with van der Waals surface area (Å²) in [7, 11) is 0. The van der Waals surface area contributed by atoms with Crippen LogP contribution in [0.2, 0.25) is 0 Å². The van der Waals surface area contributed by atoms with Crippen molar-refractivity contribution in [2.75, 3.05) is 0 Å². The second kappa shape index (κ2) is 7.41. The summed E-state index contributed by atoms with van der Waals surface area (Å²) in [5.41, 5.74) is 0. The predicted molar refractivity (Wildman–Crippen MR) is 73.0 cm³/mol. The summed E-state index contributed by atoms with van der Waals surface area (Å²) >= 11 is 0. The minimum atomic E-state index is 0.0136. The molecule has 0 radical (unpaired) electrons. The molecule has 0 aromatic heterocycles. The van der Waals surface area contributed by atoms with E-state index < -0.39 is 0 Å². The van der Waals surface area contributed by atoms with Crippen LogP contribution >= 0.6 is 0 Å². The normalized spacial score (nSPS) is 34.4. The van der Waals surface area contributed by atoms with E-state index >= 15 is 0 Å². The van der Waals surface area contributed by atoms with Crippen molar-refractivity contribution < 1.29 is 5.11 Å². The Morgan fingerprint density at radius 1 is 0.529 bits per heavy atom. The van der Waals surface area contributed by atoms with Gasteiger partial charge in [-0.3, -0.25) is 0 Å². The average Bonchev–Trinajstić information content (AvgIpc) is 2.26. The number of rotatable bonds is 1. The van der Waals surface area contributed by atoms with Crippen LogP contribution in [0.5, 0.6) is 0 Å². The summed E-state index contributed by atoms with van der Waals surface area (Å²) in [5.74, 6) is 1.47. The zero-order chi connectivity index (χ0) is 11.9. The highest BCUT2D eigenvalue weighted by Crippen LogP contribution is 2.35. The highest BCUT2D eigenvalue weighted by molar-refractivity contribution is 4.79. The van der Waals surface area contributed by atoms with Gasteiger partial charge in [0.1, 0.15) is 0 Å². The Morgan fingerprint density at radius 3 is 1.65 bits per heavy atom. The van der Waals surface area contributed by atoms with Gasteiger partial charge in [0, 0.05) is 0 Å². The van der Waals surface area contributed by atoms with Gasteiger partial charge in [-0.2, -0.15) is 0 Å². The molecule has 2 aliphatic rings. The van der Waals surface area contributed by atoms with Crippen molar-refractivity contribution in [1.29, 1.82) is 0 Å². The van der Waals surface area contributed by atoms with E-state index in [9.17, 15) is 5.11 Å². The number of hydrogen-bond donors (Lipinski definition) is 1. The molecule has 0 bridgehead atoms. The highest BCUT2D eigenvalue weighted by atomic mass is 16.3. The lowest BCUT2D eigenvalue weighted by Crippen LogP contribution is -2.29. The predicted octanol–water partition coefficient (Wildman–Crippen LogP) is 4.68. The summed E-state index contributed by atoms with van der Waals surface area (Å²) in [4.78, 5) is 0. The standard InChI is InChI=1S/C16H30O/c17-16-13-9-5-4-8-12-15(16)14-10-6-2-1-3-7-11-14/h14-17H,1-13H2. The molecule has 0 aliphatic heterocycles. The molecule has 2 rings (SSSR count). The van der Waals surface area contributed by atoms with Crippen LogP contribution in [0.3, 0.4) is 0 Å². The largest absolute Gasteiger partial charge is 0.393 e. The summed E-state index contributed by atoms with van der Waals surface area (Å²) < 4.78 is 0. The van der Waals surface area contributed by atoms with E-state index in [4.69, 9.17) is 0 Å². The third-order valence-corrected chi connectivity index (χ3v) is 5.04. The van der Waals surface area contributed by atoms with Gasteiger partial charge >= 0.3 is 0 Å². The van der Waals surface area contributed by atoms with Gasteiger partial charge in [-0.15, -0.1) is 0 Å². The van der Waals surface area contributed by atoms with Gasteiger partial charge in [0.05, 0.1) is 6.10 Å². The van der Waals surface area contributed by atoms with E-state index in [1.807, 2.05) is 0 Å². The lowest BCUT2D eigenvalue weighted by molar-refractivity contribution is 0.0418. The molecule has 0 aromatic rings. The van der Waals surface area contributed by atoms with Crippen LogP contribution < -0.4 is 0 Å². The third kappa shape index (κ3) is 4.28. The molecule has 0 saturated heterocycles. The maximum absolute atomic E-state index is 10.4. The molecule has 2 atom stereocenters. The fraction of sp³-hybridized carbons (Fsp3) is 1.00. The lowest BCUT2D eigenvalue weighted by Gasteiger charge is -2.33. The van der Waals surface area contributed by atoms with Crippen LogP contribution in [0.25, 0.3) is 0 Å². The molecule has 2 aliphatic carbocycles. The zero-order valence-electron chi connectivity index (χ0n) is 11.4. The SMILES string of the molecule is OC1CCCCCCC1C1CCCCCCC1. The molecular weight excluding hydrogens is 208 g/mol. The Balaban J connectivity index is 1.90. The molecule has 1 heteroatoms. The molecule has 2 saturated carbocycles. The summed E-state index contributed by atoms with van der Waals surface area (Å²) in [6.07, 6.45) is 17.6. The molecule has 2 unspecified atom stereocenters. The maximum atomic E-state index is 10.4. The maximum Gasteiger partial charge on any atom is 0.0571 e. The van der Waals surface area contributed by atoms with Crippen LogP contribution in [0.4, 0.5) is 0 Å². The third-order valence-electron chi connectivity index (χ3n) is 5.04. The Labute approximate surface area is 107 Å². The van der Waals surface area contributed by atoms with Crippen molar-refractivity contribution in [2.24, 2.45) is 11.8 Å². The van der Waals surface area contributed by atoms with E-state index in [-0.39, 0.29) is 6.10 Å². The molecule has 0 aromatic carbocycles. The van der Waals surface area contributed by atoms with Crippen LogP contribution in [-0.4, -0.2) is 11.2 Å². The second-order valence-corrected chi connectivity index (χ2v) is 6.33. The van der Waals surface area contributed by atoms with Gasteiger partial charge in [-0.1, -0.05) is 70.6 Å². The number of hydrogen-bond acceptors (Lipinski definition) is 1. The Morgan fingerprint density at radius 2 is 1.00 bits per heavy atom. The van der Waals surface area contributed by atoms with E-state index in [2.05, 4.69) is 0 Å². The Kier molecular flexibility index (Phi) is 5.84. The lowest BCUT2D eigenvalue weighted by atomic mass is 9.74. The van der Waals surface area contributed by atoms with Crippen molar-refractivity contribution in [3.05, 3.63) is 0 Å². The van der Waals surface area contributed by atoms with Crippen LogP contribution in [0.15, 0.2) is 0 Å². The van der Waals surface area contributed by atoms with Gasteiger partial charge in [0.15, 0.2) is 0 Å². The molecule has 0 spiro atoms. The quantitative estimate of drug-likeness (QED) is 0.703. The number of aliphatic hydroxyl groups is 1. The molecule has 17 heavy (non-hydrogen) atoms. The van der Waals surface area contributed by atoms with E-state index in [1.54, 1.807) is 0 Å². The van der Waals surface area contributed by atoms with Crippen molar-refractivity contribution in [2.45, 2.75) is 89.6 Å². The first-order valence-electron chi connectivity index (χ1n) is 8.06. The first-order chi connectivity index (χ1) is 8.38. The van der Waals surface area contributed by atoms with Crippen molar-refractivity contribution in [3.63, 3.8) is 0 Å². The average molecular weight is 238 g/mol. The molecule has 1 N–H and O–H groups in total. The number of aliphatic hydroxyl groups excluding tert-OH is 1. The van der Waals surface area contributed by atoms with Gasteiger partial charge in [-0.05, 0) is 24.7 Å². The minimum Gasteiger partial charge on any atom is -0.393 e. The monoisotopic (exact) mass is 238 g/mol. The summed E-state index contributed by atoms with van der Waals surface area (Å²) in [5, 5.41) is 10.4. The van der Waals surface area contributed by atoms with Gasteiger partial charge in [0.25, 0.3) is 0 Å². The summed E-state index contributed by atoms with van der Waals surface area (Å²) in [6.45, 7) is 0. The molecule has 2 fully saturated rings. The summed E-state index contributed by atoms with van der Waals surface area (Å²) in [6, 6.07) is 0. The van der Waals surface area contributed by atoms with E-state index in [0.717, 1.165) is 12.3 Å².